The van der Waals surface area contributed by atoms with E-state index in [1.165, 1.54) is 0 Å². The lowest BCUT2D eigenvalue weighted by atomic mass is 9.99. The highest BCUT2D eigenvalue weighted by molar-refractivity contribution is 4.57. The summed E-state index contributed by atoms with van der Waals surface area (Å²) in [6.07, 6.45) is -1.05. The molecule has 0 aromatic rings. The van der Waals surface area contributed by atoms with E-state index in [2.05, 4.69) is 4.74 Å². The van der Waals surface area contributed by atoms with Gasteiger partial charge in [0.25, 0.3) is 0 Å². The highest BCUT2D eigenvalue weighted by atomic mass is 19.4. The molecular formula is C10H19F3O2. The molecule has 92 valence electrons. The van der Waals surface area contributed by atoms with Gasteiger partial charge >= 0.3 is 6.18 Å². The molecule has 15 heavy (non-hydrogen) atoms. The van der Waals surface area contributed by atoms with E-state index in [1.54, 1.807) is 0 Å². The van der Waals surface area contributed by atoms with Crippen molar-refractivity contribution < 1.29 is 23.0 Å². The maximum atomic E-state index is 11.7. The molecule has 0 radical (unpaired) electrons. The number of alkyl halides is 3. The number of ether oxygens (including phenoxy) is 1. The fourth-order valence-corrected chi connectivity index (χ4v) is 1.40. The summed E-state index contributed by atoms with van der Waals surface area (Å²) < 4.78 is 39.5. The summed E-state index contributed by atoms with van der Waals surface area (Å²) in [4.78, 5) is 0. The Morgan fingerprint density at radius 2 is 1.93 bits per heavy atom. The van der Waals surface area contributed by atoms with E-state index in [0.717, 1.165) is 19.3 Å². The van der Waals surface area contributed by atoms with Crippen molar-refractivity contribution in [1.82, 2.24) is 0 Å². The first kappa shape index (κ1) is 14.7. The van der Waals surface area contributed by atoms with Gasteiger partial charge in [-0.25, -0.2) is 0 Å². The fraction of sp³-hybridized carbons (Fsp3) is 1.00. The molecule has 1 atom stereocenters. The number of rotatable bonds is 8. The van der Waals surface area contributed by atoms with Crippen LogP contribution in [-0.4, -0.2) is 31.1 Å². The molecule has 0 aromatic carbocycles. The molecule has 0 aliphatic heterocycles. The van der Waals surface area contributed by atoms with Crippen LogP contribution in [0.3, 0.4) is 0 Å². The Morgan fingerprint density at radius 3 is 2.40 bits per heavy atom. The zero-order valence-electron chi connectivity index (χ0n) is 9.02. The van der Waals surface area contributed by atoms with Crippen LogP contribution in [0.1, 0.15) is 32.6 Å². The molecule has 0 saturated heterocycles. The zero-order chi connectivity index (χ0) is 11.7. The van der Waals surface area contributed by atoms with E-state index in [1.807, 2.05) is 6.92 Å². The molecule has 0 aliphatic rings. The largest absolute Gasteiger partial charge is 0.411 e. The van der Waals surface area contributed by atoms with Crippen LogP contribution < -0.4 is 0 Å². The third-order valence-electron chi connectivity index (χ3n) is 2.12. The lowest BCUT2D eigenvalue weighted by Crippen LogP contribution is -2.17. The highest BCUT2D eigenvalue weighted by Gasteiger charge is 2.27. The first-order chi connectivity index (χ1) is 6.99. The lowest BCUT2D eigenvalue weighted by molar-refractivity contribution is -0.174. The molecule has 0 bridgehead atoms. The van der Waals surface area contributed by atoms with Crippen molar-refractivity contribution in [1.29, 1.82) is 0 Å². The van der Waals surface area contributed by atoms with Gasteiger partial charge in [0.15, 0.2) is 0 Å². The molecule has 5 heteroatoms. The van der Waals surface area contributed by atoms with Crippen LogP contribution in [-0.2, 0) is 4.74 Å². The summed E-state index contributed by atoms with van der Waals surface area (Å²) in [7, 11) is 0. The van der Waals surface area contributed by atoms with Crippen molar-refractivity contribution in [3.8, 4) is 0 Å². The highest BCUT2D eigenvalue weighted by Crippen LogP contribution is 2.16. The summed E-state index contributed by atoms with van der Waals surface area (Å²) in [6, 6.07) is 0. The van der Waals surface area contributed by atoms with Gasteiger partial charge in [0.1, 0.15) is 6.61 Å². The maximum Gasteiger partial charge on any atom is 0.411 e. The molecule has 0 aliphatic carbocycles. The van der Waals surface area contributed by atoms with Crippen LogP contribution in [0.25, 0.3) is 0 Å². The van der Waals surface area contributed by atoms with Gasteiger partial charge in [-0.2, -0.15) is 13.2 Å². The van der Waals surface area contributed by atoms with Crippen molar-refractivity contribution in [2.75, 3.05) is 19.8 Å². The van der Waals surface area contributed by atoms with E-state index in [9.17, 15) is 13.2 Å². The Balaban J connectivity index is 3.36. The second kappa shape index (κ2) is 7.93. The van der Waals surface area contributed by atoms with Gasteiger partial charge in [-0.05, 0) is 25.2 Å². The fourth-order valence-electron chi connectivity index (χ4n) is 1.40. The Morgan fingerprint density at radius 1 is 1.27 bits per heavy atom. The third-order valence-corrected chi connectivity index (χ3v) is 2.12. The van der Waals surface area contributed by atoms with E-state index in [-0.39, 0.29) is 19.1 Å². The normalized spacial score (nSPS) is 14.2. The second-order valence-corrected chi connectivity index (χ2v) is 3.65. The molecule has 2 nitrogen and oxygen atoms in total. The molecule has 0 heterocycles. The SMILES string of the molecule is CCCC(CO)CCCOCC(F)(F)F. The van der Waals surface area contributed by atoms with Gasteiger partial charge in [0, 0.05) is 13.2 Å². The first-order valence-electron chi connectivity index (χ1n) is 5.25. The Labute approximate surface area is 88.4 Å². The van der Waals surface area contributed by atoms with Crippen LogP contribution in [0.2, 0.25) is 0 Å². The number of hydrogen-bond donors (Lipinski definition) is 1. The maximum absolute atomic E-state index is 11.7. The van der Waals surface area contributed by atoms with Gasteiger partial charge in [-0.1, -0.05) is 13.3 Å². The molecule has 0 fully saturated rings. The van der Waals surface area contributed by atoms with Crippen LogP contribution in [0, 0.1) is 5.92 Å². The quantitative estimate of drug-likeness (QED) is 0.647. The van der Waals surface area contributed by atoms with Gasteiger partial charge in [-0.15, -0.1) is 0 Å². The molecule has 0 aromatic heterocycles. The average Bonchev–Trinajstić information content (AvgIpc) is 2.14. The molecule has 0 spiro atoms. The molecule has 0 amide bonds. The zero-order valence-corrected chi connectivity index (χ0v) is 9.02. The van der Waals surface area contributed by atoms with Crippen molar-refractivity contribution >= 4 is 0 Å². The Hall–Kier alpha value is -0.290. The Bertz CT molecular complexity index is 148. The number of aliphatic hydroxyl groups is 1. The standard InChI is InChI=1S/C10H19F3O2/c1-2-4-9(7-14)5-3-6-15-8-10(11,12)13/h9,14H,2-8H2,1H3. The molecular weight excluding hydrogens is 209 g/mol. The predicted molar refractivity (Wildman–Crippen MR) is 51.6 cm³/mol. The summed E-state index contributed by atoms with van der Waals surface area (Å²) in [6.45, 7) is 1.06. The smallest absolute Gasteiger partial charge is 0.396 e. The van der Waals surface area contributed by atoms with Gasteiger partial charge < -0.3 is 9.84 Å². The van der Waals surface area contributed by atoms with E-state index in [4.69, 9.17) is 5.11 Å². The topological polar surface area (TPSA) is 29.5 Å². The molecule has 1 N–H and O–H groups in total. The van der Waals surface area contributed by atoms with E-state index >= 15 is 0 Å². The summed E-state index contributed by atoms with van der Waals surface area (Å²) in [5, 5.41) is 8.92. The van der Waals surface area contributed by atoms with Crippen LogP contribution >= 0.6 is 0 Å². The monoisotopic (exact) mass is 228 g/mol. The van der Waals surface area contributed by atoms with Crippen molar-refractivity contribution in [3.63, 3.8) is 0 Å². The molecule has 0 saturated carbocycles. The molecule has 0 rings (SSSR count). The van der Waals surface area contributed by atoms with Gasteiger partial charge in [0.2, 0.25) is 0 Å². The number of hydrogen-bond acceptors (Lipinski definition) is 2. The van der Waals surface area contributed by atoms with E-state index < -0.39 is 12.8 Å². The first-order valence-corrected chi connectivity index (χ1v) is 5.25. The lowest BCUT2D eigenvalue weighted by Gasteiger charge is -2.13. The van der Waals surface area contributed by atoms with Crippen molar-refractivity contribution in [3.05, 3.63) is 0 Å². The predicted octanol–water partition coefficient (Wildman–Crippen LogP) is 2.75. The number of halogens is 3. The van der Waals surface area contributed by atoms with Crippen LogP contribution in [0.15, 0.2) is 0 Å². The minimum absolute atomic E-state index is 0.104. The van der Waals surface area contributed by atoms with Crippen LogP contribution in [0.5, 0.6) is 0 Å². The minimum Gasteiger partial charge on any atom is -0.396 e. The van der Waals surface area contributed by atoms with Crippen LogP contribution in [0.4, 0.5) is 13.2 Å². The van der Waals surface area contributed by atoms with E-state index in [0.29, 0.717) is 6.42 Å². The summed E-state index contributed by atoms with van der Waals surface area (Å²) in [5.74, 6) is 0.199. The van der Waals surface area contributed by atoms with Gasteiger partial charge in [-0.3, -0.25) is 0 Å². The average molecular weight is 228 g/mol. The summed E-state index contributed by atoms with van der Waals surface area (Å²) >= 11 is 0. The van der Waals surface area contributed by atoms with Crippen molar-refractivity contribution in [2.45, 2.75) is 38.8 Å². The summed E-state index contributed by atoms with van der Waals surface area (Å²) in [5.41, 5.74) is 0. The minimum atomic E-state index is -4.24. The van der Waals surface area contributed by atoms with Gasteiger partial charge in [0.05, 0.1) is 0 Å². The van der Waals surface area contributed by atoms with Crippen molar-refractivity contribution in [2.24, 2.45) is 5.92 Å². The number of aliphatic hydroxyl groups excluding tert-OH is 1. The molecule has 1 unspecified atom stereocenters. The third kappa shape index (κ3) is 10.0. The second-order valence-electron chi connectivity index (χ2n) is 3.65. The Kier molecular flexibility index (Phi) is 7.78.